The van der Waals surface area contributed by atoms with Gasteiger partial charge in [-0.05, 0) is 6.26 Å². The predicted molar refractivity (Wildman–Crippen MR) is 46.5 cm³/mol. The van der Waals surface area contributed by atoms with Crippen molar-refractivity contribution in [3.8, 4) is 0 Å². The van der Waals surface area contributed by atoms with Crippen LogP contribution in [-0.2, 0) is 10.8 Å². The zero-order valence-corrected chi connectivity index (χ0v) is 7.58. The molecular formula is C5H13NO2S2. The molecule has 0 aliphatic heterocycles. The molecule has 0 saturated heterocycles. The topological polar surface area (TPSA) is 63.3 Å². The lowest BCUT2D eigenvalue weighted by Gasteiger charge is -2.05. The van der Waals surface area contributed by atoms with E-state index in [0.29, 0.717) is 10.8 Å². The van der Waals surface area contributed by atoms with Crippen molar-refractivity contribution in [2.24, 2.45) is 5.73 Å². The van der Waals surface area contributed by atoms with E-state index in [4.69, 9.17) is 10.8 Å². The lowest BCUT2D eigenvalue weighted by atomic mass is 10.4. The summed E-state index contributed by atoms with van der Waals surface area (Å²) in [6.07, 6.45) is 1.89. The highest BCUT2D eigenvalue weighted by molar-refractivity contribution is 8.09. The highest BCUT2D eigenvalue weighted by Gasteiger charge is 2.05. The molecule has 3 N–H and O–H groups in total. The number of aliphatic hydroxyl groups is 1. The highest BCUT2D eigenvalue weighted by atomic mass is 32.2. The smallest absolute Gasteiger partial charge is 0.0690 e. The van der Waals surface area contributed by atoms with E-state index in [-0.39, 0.29) is 12.6 Å². The molecule has 0 bridgehead atoms. The zero-order chi connectivity index (χ0) is 7.98. The van der Waals surface area contributed by atoms with Gasteiger partial charge in [0.2, 0.25) is 0 Å². The van der Waals surface area contributed by atoms with E-state index in [1.807, 2.05) is 6.26 Å². The summed E-state index contributed by atoms with van der Waals surface area (Å²) in [5.74, 6) is 0.400. The Morgan fingerprint density at radius 2 is 2.40 bits per heavy atom. The van der Waals surface area contributed by atoms with Gasteiger partial charge in [-0.25, -0.2) is 0 Å². The van der Waals surface area contributed by atoms with Crippen molar-refractivity contribution in [3.05, 3.63) is 0 Å². The molecule has 2 atom stereocenters. The second kappa shape index (κ2) is 6.15. The number of rotatable bonds is 5. The van der Waals surface area contributed by atoms with E-state index in [2.05, 4.69) is 0 Å². The second-order valence-corrected chi connectivity index (χ2v) is 4.69. The Labute approximate surface area is 67.8 Å². The van der Waals surface area contributed by atoms with Gasteiger partial charge in [-0.2, -0.15) is 11.8 Å². The number of nitrogens with two attached hydrogens (primary N) is 1. The molecule has 10 heavy (non-hydrogen) atoms. The van der Waals surface area contributed by atoms with E-state index in [9.17, 15) is 4.21 Å². The van der Waals surface area contributed by atoms with Gasteiger partial charge in [0.25, 0.3) is 0 Å². The van der Waals surface area contributed by atoms with Crippen LogP contribution in [0.15, 0.2) is 0 Å². The predicted octanol–water partition coefficient (Wildman–Crippen LogP) is -0.625. The lowest BCUT2D eigenvalue weighted by Crippen LogP contribution is -2.31. The maximum atomic E-state index is 10.9. The van der Waals surface area contributed by atoms with Gasteiger partial charge < -0.3 is 10.8 Å². The van der Waals surface area contributed by atoms with Gasteiger partial charge >= 0.3 is 0 Å². The van der Waals surface area contributed by atoms with Crippen molar-refractivity contribution in [2.75, 3.05) is 23.7 Å². The first kappa shape index (κ1) is 10.4. The highest BCUT2D eigenvalue weighted by Crippen LogP contribution is 1.97. The first-order chi connectivity index (χ1) is 4.70. The second-order valence-electron chi connectivity index (χ2n) is 1.96. The van der Waals surface area contributed by atoms with Gasteiger partial charge in [-0.15, -0.1) is 0 Å². The lowest BCUT2D eigenvalue weighted by molar-refractivity contribution is 0.275. The molecule has 0 amide bonds. The molecule has 62 valence electrons. The Balaban J connectivity index is 3.37. The fourth-order valence-electron chi connectivity index (χ4n) is 0.471. The molecule has 0 aromatic carbocycles. The Kier molecular flexibility index (Phi) is 6.41. The first-order valence-corrected chi connectivity index (χ1v) is 5.79. The zero-order valence-electron chi connectivity index (χ0n) is 5.95. The third kappa shape index (κ3) is 5.22. The normalized spacial score (nSPS) is 16.7. The Hall–Kier alpha value is 0.420. The van der Waals surface area contributed by atoms with Crippen LogP contribution in [0.4, 0.5) is 0 Å². The molecule has 0 spiro atoms. The van der Waals surface area contributed by atoms with Gasteiger partial charge in [0, 0.05) is 22.6 Å². The summed E-state index contributed by atoms with van der Waals surface area (Å²) in [5.41, 5.74) is 5.35. The van der Waals surface area contributed by atoms with E-state index in [1.165, 1.54) is 11.8 Å². The van der Waals surface area contributed by atoms with Crippen molar-refractivity contribution in [1.82, 2.24) is 0 Å². The van der Waals surface area contributed by atoms with Crippen LogP contribution in [0.1, 0.15) is 0 Å². The summed E-state index contributed by atoms with van der Waals surface area (Å²) in [4.78, 5) is 0. The van der Waals surface area contributed by atoms with Crippen LogP contribution in [-0.4, -0.2) is 39.1 Å². The van der Waals surface area contributed by atoms with Gasteiger partial charge in [-0.3, -0.25) is 4.21 Å². The fraction of sp³-hybridized carbons (Fsp3) is 1.00. The maximum absolute atomic E-state index is 10.9. The quantitative estimate of drug-likeness (QED) is 0.596. The summed E-state index contributed by atoms with van der Waals surface area (Å²) in [6.45, 7) is -0.0832. The molecule has 0 aliphatic rings. The van der Waals surface area contributed by atoms with Crippen molar-refractivity contribution in [2.45, 2.75) is 6.04 Å². The molecule has 0 rings (SSSR count). The standard InChI is InChI=1S/C5H13NO2S2/c1-9-4-10(8)3-5(6)2-7/h5,7H,2-4,6H2,1H3/t5-,10-/m0/s1. The summed E-state index contributed by atoms with van der Waals surface area (Å²) in [7, 11) is -0.872. The molecule has 0 aromatic heterocycles. The summed E-state index contributed by atoms with van der Waals surface area (Å²) >= 11 is 1.52. The molecule has 0 unspecified atom stereocenters. The van der Waals surface area contributed by atoms with Crippen LogP contribution in [0.5, 0.6) is 0 Å². The SMILES string of the molecule is CSC[S@@](=O)C[C@@H](N)CO. The molecular weight excluding hydrogens is 170 g/mol. The van der Waals surface area contributed by atoms with Gasteiger partial charge in [0.1, 0.15) is 0 Å². The van der Waals surface area contributed by atoms with Crippen molar-refractivity contribution in [3.63, 3.8) is 0 Å². The number of hydrogen-bond acceptors (Lipinski definition) is 4. The van der Waals surface area contributed by atoms with Crippen LogP contribution in [0.3, 0.4) is 0 Å². The molecule has 0 saturated carbocycles. The van der Waals surface area contributed by atoms with Gasteiger partial charge in [-0.1, -0.05) is 0 Å². The van der Waals surface area contributed by atoms with E-state index in [1.54, 1.807) is 0 Å². The summed E-state index contributed by atoms with van der Waals surface area (Å²) < 4.78 is 10.9. The largest absolute Gasteiger partial charge is 0.395 e. The Morgan fingerprint density at radius 1 is 1.80 bits per heavy atom. The first-order valence-electron chi connectivity index (χ1n) is 2.91. The van der Waals surface area contributed by atoms with Crippen LogP contribution in [0.25, 0.3) is 0 Å². The summed E-state index contributed by atoms with van der Waals surface area (Å²) in [5, 5.41) is 9.09. The number of thioether (sulfide) groups is 1. The van der Waals surface area contributed by atoms with Gasteiger partial charge in [0.05, 0.1) is 11.7 Å². The monoisotopic (exact) mass is 183 g/mol. The minimum Gasteiger partial charge on any atom is -0.395 e. The Bertz CT molecular complexity index is 110. The molecule has 3 nitrogen and oxygen atoms in total. The van der Waals surface area contributed by atoms with Crippen LogP contribution in [0, 0.1) is 0 Å². The Morgan fingerprint density at radius 3 is 2.80 bits per heavy atom. The van der Waals surface area contributed by atoms with Crippen LogP contribution >= 0.6 is 11.8 Å². The van der Waals surface area contributed by atoms with Gasteiger partial charge in [0.15, 0.2) is 0 Å². The third-order valence-corrected chi connectivity index (χ3v) is 3.68. The van der Waals surface area contributed by atoms with E-state index < -0.39 is 10.8 Å². The average Bonchev–Trinajstić information content (AvgIpc) is 1.88. The fourth-order valence-corrected chi connectivity index (χ4v) is 2.49. The van der Waals surface area contributed by atoms with Crippen molar-refractivity contribution in [1.29, 1.82) is 0 Å². The molecule has 0 aromatic rings. The van der Waals surface area contributed by atoms with E-state index in [0.717, 1.165) is 0 Å². The van der Waals surface area contributed by atoms with Crippen molar-refractivity contribution < 1.29 is 9.32 Å². The number of hydrogen-bond donors (Lipinski definition) is 2. The third-order valence-electron chi connectivity index (χ3n) is 0.884. The minimum absolute atomic E-state index is 0.0832. The molecule has 0 aliphatic carbocycles. The average molecular weight is 183 g/mol. The van der Waals surface area contributed by atoms with Crippen LogP contribution < -0.4 is 5.73 Å². The molecule has 5 heteroatoms. The molecule has 0 fully saturated rings. The van der Waals surface area contributed by atoms with E-state index >= 15 is 0 Å². The number of aliphatic hydroxyl groups excluding tert-OH is 1. The molecule has 0 radical (unpaired) electrons. The maximum Gasteiger partial charge on any atom is 0.0690 e. The van der Waals surface area contributed by atoms with Crippen LogP contribution in [0.2, 0.25) is 0 Å². The molecule has 0 heterocycles. The van der Waals surface area contributed by atoms with Crippen molar-refractivity contribution >= 4 is 22.6 Å². The minimum atomic E-state index is -0.872. The summed E-state index contributed by atoms with van der Waals surface area (Å²) in [6, 6.07) is -0.326.